The van der Waals surface area contributed by atoms with Crippen LogP contribution in [0, 0.1) is 11.3 Å². The molecule has 1 aliphatic rings. The zero-order chi connectivity index (χ0) is 16.9. The predicted octanol–water partition coefficient (Wildman–Crippen LogP) is 1.76. The van der Waals surface area contributed by atoms with Crippen LogP contribution >= 0.6 is 0 Å². The summed E-state index contributed by atoms with van der Waals surface area (Å²) in [4.78, 5) is 24.2. The van der Waals surface area contributed by atoms with E-state index in [-0.39, 0.29) is 5.91 Å². The Morgan fingerprint density at radius 2 is 1.88 bits per heavy atom. The molecular formula is C17H18N6O. The maximum absolute atomic E-state index is 11.4. The monoisotopic (exact) mass is 322 g/mol. The topological polar surface area (TPSA) is 85.2 Å². The number of aromatic nitrogens is 2. The molecule has 0 unspecified atom stereocenters. The summed E-state index contributed by atoms with van der Waals surface area (Å²) in [7, 11) is 0. The van der Waals surface area contributed by atoms with Gasteiger partial charge in [-0.15, -0.1) is 0 Å². The summed E-state index contributed by atoms with van der Waals surface area (Å²) in [5.74, 6) is 1.45. The number of nitrogens with one attached hydrogen (secondary N) is 1. The molecule has 0 bridgehead atoms. The Bertz CT molecular complexity index is 759. The molecule has 7 heteroatoms. The first-order valence-corrected chi connectivity index (χ1v) is 7.76. The fraction of sp³-hybridized carbons (Fsp3) is 0.294. The van der Waals surface area contributed by atoms with Crippen LogP contribution in [0.4, 0.5) is 17.5 Å². The van der Waals surface area contributed by atoms with Gasteiger partial charge in [0.1, 0.15) is 5.82 Å². The third-order valence-electron chi connectivity index (χ3n) is 3.96. The highest BCUT2D eigenvalue weighted by atomic mass is 16.2. The van der Waals surface area contributed by atoms with Crippen molar-refractivity contribution in [3.8, 4) is 6.07 Å². The molecule has 122 valence electrons. The molecule has 1 amide bonds. The van der Waals surface area contributed by atoms with Gasteiger partial charge in [-0.2, -0.15) is 10.2 Å². The van der Waals surface area contributed by atoms with Crippen molar-refractivity contribution in [1.82, 2.24) is 14.9 Å². The summed E-state index contributed by atoms with van der Waals surface area (Å²) < 4.78 is 0. The van der Waals surface area contributed by atoms with Gasteiger partial charge in [0.15, 0.2) is 0 Å². The van der Waals surface area contributed by atoms with Gasteiger partial charge in [0.2, 0.25) is 11.9 Å². The zero-order valence-electron chi connectivity index (χ0n) is 13.4. The molecule has 0 atom stereocenters. The van der Waals surface area contributed by atoms with Crippen LogP contribution in [0.5, 0.6) is 0 Å². The highest BCUT2D eigenvalue weighted by molar-refractivity contribution is 5.73. The molecule has 0 spiro atoms. The maximum atomic E-state index is 11.4. The zero-order valence-corrected chi connectivity index (χ0v) is 13.4. The summed E-state index contributed by atoms with van der Waals surface area (Å²) in [5, 5.41) is 12.0. The molecule has 1 aromatic carbocycles. The molecule has 1 N–H and O–H groups in total. The van der Waals surface area contributed by atoms with Crippen molar-refractivity contribution >= 4 is 23.4 Å². The van der Waals surface area contributed by atoms with Crippen molar-refractivity contribution in [3.05, 3.63) is 42.1 Å². The standard InChI is InChI=1S/C17H18N6O/c1-13(24)22-8-10-23(11-9-22)16-6-7-19-17(21-16)20-15-4-2-14(12-18)3-5-15/h2-7H,8-11H2,1H3,(H,19,20,21). The van der Waals surface area contributed by atoms with E-state index in [0.29, 0.717) is 24.6 Å². The minimum absolute atomic E-state index is 0.112. The summed E-state index contributed by atoms with van der Waals surface area (Å²) in [6, 6.07) is 11.1. The number of anilines is 3. The minimum atomic E-state index is 0.112. The number of nitrogens with zero attached hydrogens (tertiary/aromatic N) is 5. The Morgan fingerprint density at radius 1 is 1.17 bits per heavy atom. The van der Waals surface area contributed by atoms with Crippen molar-refractivity contribution in [3.63, 3.8) is 0 Å². The van der Waals surface area contributed by atoms with E-state index in [1.807, 2.05) is 23.1 Å². The number of carbonyl (C=O) groups excluding carboxylic acids is 1. The van der Waals surface area contributed by atoms with Crippen LogP contribution in [0.1, 0.15) is 12.5 Å². The molecule has 1 aliphatic heterocycles. The minimum Gasteiger partial charge on any atom is -0.353 e. The van der Waals surface area contributed by atoms with Crippen molar-refractivity contribution in [2.75, 3.05) is 36.4 Å². The van der Waals surface area contributed by atoms with E-state index in [4.69, 9.17) is 5.26 Å². The summed E-state index contributed by atoms with van der Waals surface area (Å²) >= 11 is 0. The maximum Gasteiger partial charge on any atom is 0.229 e. The third kappa shape index (κ3) is 3.60. The van der Waals surface area contributed by atoms with Crippen LogP contribution in [0.2, 0.25) is 0 Å². The summed E-state index contributed by atoms with van der Waals surface area (Å²) in [6.07, 6.45) is 1.71. The van der Waals surface area contributed by atoms with Gasteiger partial charge in [-0.25, -0.2) is 4.98 Å². The molecule has 7 nitrogen and oxygen atoms in total. The Balaban J connectivity index is 1.68. The van der Waals surface area contributed by atoms with E-state index < -0.39 is 0 Å². The van der Waals surface area contributed by atoms with Crippen molar-refractivity contribution in [2.45, 2.75) is 6.92 Å². The predicted molar refractivity (Wildman–Crippen MR) is 90.9 cm³/mol. The first-order valence-electron chi connectivity index (χ1n) is 7.76. The molecule has 1 aromatic heterocycles. The van der Waals surface area contributed by atoms with Gasteiger partial charge in [-0.05, 0) is 30.3 Å². The first kappa shape index (κ1) is 15.7. The second-order valence-electron chi connectivity index (χ2n) is 5.55. The lowest BCUT2D eigenvalue weighted by Gasteiger charge is -2.34. The average Bonchev–Trinajstić information content (AvgIpc) is 2.63. The van der Waals surface area contributed by atoms with Crippen LogP contribution in [-0.4, -0.2) is 47.0 Å². The number of hydrogen-bond donors (Lipinski definition) is 1. The lowest BCUT2D eigenvalue weighted by molar-refractivity contribution is -0.129. The Morgan fingerprint density at radius 3 is 2.50 bits per heavy atom. The highest BCUT2D eigenvalue weighted by Gasteiger charge is 2.19. The fourth-order valence-electron chi connectivity index (χ4n) is 2.59. The van der Waals surface area contributed by atoms with Crippen molar-refractivity contribution in [1.29, 1.82) is 5.26 Å². The number of piperazine rings is 1. The lowest BCUT2D eigenvalue weighted by atomic mass is 10.2. The Kier molecular flexibility index (Phi) is 4.57. The number of carbonyl (C=O) groups is 1. The SMILES string of the molecule is CC(=O)N1CCN(c2ccnc(Nc3ccc(C#N)cc3)n2)CC1. The molecule has 1 fully saturated rings. The molecular weight excluding hydrogens is 304 g/mol. The molecule has 2 aromatic rings. The fourth-order valence-corrected chi connectivity index (χ4v) is 2.59. The van der Waals surface area contributed by atoms with Crippen molar-refractivity contribution in [2.24, 2.45) is 0 Å². The second kappa shape index (κ2) is 6.96. The van der Waals surface area contributed by atoms with Crippen LogP contribution in [-0.2, 0) is 4.79 Å². The van der Waals surface area contributed by atoms with E-state index in [1.165, 1.54) is 0 Å². The number of benzene rings is 1. The Hall–Kier alpha value is -3.14. The number of rotatable bonds is 3. The molecule has 0 radical (unpaired) electrons. The average molecular weight is 322 g/mol. The number of hydrogen-bond acceptors (Lipinski definition) is 6. The molecule has 2 heterocycles. The highest BCUT2D eigenvalue weighted by Crippen LogP contribution is 2.18. The van der Waals surface area contributed by atoms with Crippen LogP contribution < -0.4 is 10.2 Å². The summed E-state index contributed by atoms with van der Waals surface area (Å²) in [5.41, 5.74) is 1.44. The van der Waals surface area contributed by atoms with E-state index in [1.54, 1.807) is 25.3 Å². The molecule has 24 heavy (non-hydrogen) atoms. The van der Waals surface area contributed by atoms with Crippen LogP contribution in [0.25, 0.3) is 0 Å². The largest absolute Gasteiger partial charge is 0.353 e. The van der Waals surface area contributed by atoms with Crippen molar-refractivity contribution < 1.29 is 4.79 Å². The smallest absolute Gasteiger partial charge is 0.229 e. The van der Waals surface area contributed by atoms with Gasteiger partial charge in [-0.3, -0.25) is 4.79 Å². The number of amides is 1. The van der Waals surface area contributed by atoms with Gasteiger partial charge < -0.3 is 15.1 Å². The number of nitriles is 1. The first-order chi connectivity index (χ1) is 11.7. The second-order valence-corrected chi connectivity index (χ2v) is 5.55. The van der Waals surface area contributed by atoms with Gasteiger partial charge in [0.25, 0.3) is 0 Å². The molecule has 0 saturated carbocycles. The lowest BCUT2D eigenvalue weighted by Crippen LogP contribution is -2.48. The van der Waals surface area contributed by atoms with Gasteiger partial charge in [-0.1, -0.05) is 0 Å². The summed E-state index contributed by atoms with van der Waals surface area (Å²) in [6.45, 7) is 4.52. The van der Waals surface area contributed by atoms with Crippen LogP contribution in [0.3, 0.4) is 0 Å². The van der Waals surface area contributed by atoms with Gasteiger partial charge >= 0.3 is 0 Å². The van der Waals surface area contributed by atoms with E-state index in [2.05, 4.69) is 26.3 Å². The van der Waals surface area contributed by atoms with E-state index >= 15 is 0 Å². The Labute approximate surface area is 140 Å². The molecule has 1 saturated heterocycles. The quantitative estimate of drug-likeness (QED) is 0.927. The van der Waals surface area contributed by atoms with E-state index in [0.717, 1.165) is 24.6 Å². The normalized spacial score (nSPS) is 14.2. The van der Waals surface area contributed by atoms with Crippen LogP contribution in [0.15, 0.2) is 36.5 Å². The van der Waals surface area contributed by atoms with E-state index in [9.17, 15) is 4.79 Å². The van der Waals surface area contributed by atoms with Gasteiger partial charge in [0.05, 0.1) is 11.6 Å². The molecule has 0 aliphatic carbocycles. The molecule has 3 rings (SSSR count). The van der Waals surface area contributed by atoms with Gasteiger partial charge in [0, 0.05) is 45.0 Å². The third-order valence-corrected chi connectivity index (χ3v) is 3.96.